The smallest absolute Gasteiger partial charge is 0.144 e. The molecule has 6 rings (SSSR count). The Labute approximate surface area is 159 Å². The highest BCUT2D eigenvalue weighted by atomic mass is 16.1. The fourth-order valence-electron chi connectivity index (χ4n) is 5.94. The van der Waals surface area contributed by atoms with Crippen LogP contribution in [-0.2, 0) is 16.6 Å². The van der Waals surface area contributed by atoms with Gasteiger partial charge < -0.3 is 0 Å². The number of carbonyl (C=O) groups excluding carboxylic acids is 1. The molecule has 0 aliphatic heterocycles. The van der Waals surface area contributed by atoms with Crippen molar-refractivity contribution in [2.45, 2.75) is 37.5 Å². The minimum Gasteiger partial charge on any atom is -0.299 e. The fourth-order valence-corrected chi connectivity index (χ4v) is 5.94. The van der Waals surface area contributed by atoms with Gasteiger partial charge in [-0.25, -0.2) is 0 Å². The summed E-state index contributed by atoms with van der Waals surface area (Å²) >= 11 is 0. The average Bonchev–Trinajstić information content (AvgIpc) is 3.32. The van der Waals surface area contributed by atoms with Crippen molar-refractivity contribution in [2.24, 2.45) is 5.92 Å². The molecule has 1 saturated carbocycles. The summed E-state index contributed by atoms with van der Waals surface area (Å²) in [4.78, 5) is 13.2. The molecule has 1 heteroatoms. The molecule has 0 saturated heterocycles. The van der Waals surface area contributed by atoms with E-state index >= 15 is 0 Å². The van der Waals surface area contributed by atoms with E-state index in [1.54, 1.807) is 0 Å². The second-order valence-electron chi connectivity index (χ2n) is 8.47. The van der Waals surface area contributed by atoms with Gasteiger partial charge in [0.15, 0.2) is 0 Å². The van der Waals surface area contributed by atoms with Crippen molar-refractivity contribution < 1.29 is 4.79 Å². The van der Waals surface area contributed by atoms with Gasteiger partial charge in [0.05, 0.1) is 5.41 Å². The monoisotopic (exact) mass is 350 g/mol. The van der Waals surface area contributed by atoms with Gasteiger partial charge in [-0.15, -0.1) is 0 Å². The lowest BCUT2D eigenvalue weighted by molar-refractivity contribution is -0.126. The molecule has 0 N–H and O–H groups in total. The Morgan fingerprint density at radius 2 is 1.81 bits per heavy atom. The zero-order valence-corrected chi connectivity index (χ0v) is 15.4. The molecule has 0 radical (unpaired) electrons. The first-order valence-electron chi connectivity index (χ1n) is 10.1. The molecule has 2 unspecified atom stereocenters. The summed E-state index contributed by atoms with van der Waals surface area (Å²) in [5.74, 6) is 0.982. The van der Waals surface area contributed by atoms with Crippen LogP contribution >= 0.6 is 0 Å². The lowest BCUT2D eigenvalue weighted by Gasteiger charge is -2.40. The van der Waals surface area contributed by atoms with E-state index in [4.69, 9.17) is 0 Å². The fraction of sp³-hybridized carbons (Fsp3) is 0.269. The van der Waals surface area contributed by atoms with Crippen LogP contribution in [0.25, 0.3) is 21.9 Å². The number of benzene rings is 3. The Balaban J connectivity index is 1.60. The molecule has 2 bridgehead atoms. The van der Waals surface area contributed by atoms with Crippen molar-refractivity contribution >= 4 is 16.6 Å². The normalized spacial score (nSPS) is 25.9. The van der Waals surface area contributed by atoms with E-state index < -0.39 is 0 Å². The maximum Gasteiger partial charge on any atom is 0.144 e. The van der Waals surface area contributed by atoms with E-state index in [-0.39, 0.29) is 5.41 Å². The summed E-state index contributed by atoms with van der Waals surface area (Å²) in [6.07, 6.45) is 7.16. The van der Waals surface area contributed by atoms with Crippen molar-refractivity contribution in [3.8, 4) is 11.1 Å². The van der Waals surface area contributed by atoms with Crippen molar-refractivity contribution in [3.63, 3.8) is 0 Å². The van der Waals surface area contributed by atoms with Gasteiger partial charge in [0, 0.05) is 6.42 Å². The molecule has 0 amide bonds. The van der Waals surface area contributed by atoms with Crippen molar-refractivity contribution in [1.82, 2.24) is 0 Å². The molecule has 1 nitrogen and oxygen atoms in total. The Hall–Kier alpha value is -2.67. The van der Waals surface area contributed by atoms with E-state index in [0.29, 0.717) is 18.1 Å². The number of allylic oxidation sites excluding steroid dienone is 2. The van der Waals surface area contributed by atoms with Crippen LogP contribution in [0.4, 0.5) is 0 Å². The number of fused-ring (bicyclic) bond motifs is 6. The largest absolute Gasteiger partial charge is 0.299 e. The molecule has 2 atom stereocenters. The van der Waals surface area contributed by atoms with Gasteiger partial charge in [0.2, 0.25) is 0 Å². The zero-order chi connectivity index (χ0) is 18.0. The summed E-state index contributed by atoms with van der Waals surface area (Å²) in [6, 6.07) is 22.0. The Morgan fingerprint density at radius 1 is 0.926 bits per heavy atom. The molecule has 0 heterocycles. The van der Waals surface area contributed by atoms with Gasteiger partial charge in [-0.05, 0) is 70.7 Å². The van der Waals surface area contributed by atoms with Gasteiger partial charge in [-0.3, -0.25) is 4.79 Å². The summed E-state index contributed by atoms with van der Waals surface area (Å²) in [5.41, 5.74) is 6.57. The maximum atomic E-state index is 13.2. The third-order valence-electron chi connectivity index (χ3n) is 7.19. The molecule has 3 aliphatic carbocycles. The first kappa shape index (κ1) is 15.4. The number of ketones is 1. The summed E-state index contributed by atoms with van der Waals surface area (Å²) < 4.78 is 0. The van der Waals surface area contributed by atoms with Crippen molar-refractivity contribution in [3.05, 3.63) is 83.4 Å². The minimum atomic E-state index is -0.228. The highest BCUT2D eigenvalue weighted by Gasteiger charge is 2.55. The average molecular weight is 350 g/mol. The molecule has 132 valence electrons. The molecule has 0 aromatic heterocycles. The second-order valence-corrected chi connectivity index (χ2v) is 8.47. The highest BCUT2D eigenvalue weighted by molar-refractivity contribution is 6.01. The van der Waals surface area contributed by atoms with Crippen LogP contribution in [0.2, 0.25) is 0 Å². The minimum absolute atomic E-state index is 0.228. The summed E-state index contributed by atoms with van der Waals surface area (Å²) in [7, 11) is 0. The Morgan fingerprint density at radius 3 is 2.59 bits per heavy atom. The molecular formula is C26H22O. The highest BCUT2D eigenvalue weighted by Crippen LogP contribution is 2.57. The molecular weight excluding hydrogens is 328 g/mol. The van der Waals surface area contributed by atoms with Crippen LogP contribution in [0.5, 0.6) is 0 Å². The van der Waals surface area contributed by atoms with Crippen LogP contribution in [0.1, 0.15) is 36.8 Å². The second kappa shape index (κ2) is 5.42. The zero-order valence-electron chi connectivity index (χ0n) is 15.4. The lowest BCUT2D eigenvalue weighted by atomic mass is 9.61. The molecule has 3 aliphatic rings. The van der Waals surface area contributed by atoms with Crippen LogP contribution in [0.15, 0.2) is 72.3 Å². The van der Waals surface area contributed by atoms with E-state index in [1.807, 2.05) is 0 Å². The third-order valence-corrected chi connectivity index (χ3v) is 7.19. The van der Waals surface area contributed by atoms with Crippen LogP contribution < -0.4 is 0 Å². The number of carbonyl (C=O) groups is 1. The van der Waals surface area contributed by atoms with Gasteiger partial charge in [-0.1, -0.05) is 66.2 Å². The Kier molecular flexibility index (Phi) is 3.09. The van der Waals surface area contributed by atoms with Crippen molar-refractivity contribution in [2.75, 3.05) is 0 Å². The standard InChI is InChI=1S/C26H22O/c27-25-12-10-20-14-23-19(7-4-8-22(23)18-5-2-1-3-6-18)15-24(20)26(25)16-17-9-11-21(26)13-17/h1-9,14-15,21H,10-13,16H2. The third kappa shape index (κ3) is 2.03. The first-order chi connectivity index (χ1) is 13.3. The summed E-state index contributed by atoms with van der Waals surface area (Å²) in [6.45, 7) is 0. The predicted octanol–water partition coefficient (Wildman–Crippen LogP) is 6.00. The number of rotatable bonds is 1. The number of hydrogen-bond acceptors (Lipinski definition) is 1. The molecule has 3 aromatic carbocycles. The van der Waals surface area contributed by atoms with Crippen molar-refractivity contribution in [1.29, 1.82) is 0 Å². The van der Waals surface area contributed by atoms with Gasteiger partial charge in [-0.2, -0.15) is 0 Å². The number of Topliss-reactive ketones (excluding diaryl/α,β-unsaturated/α-hetero) is 1. The van der Waals surface area contributed by atoms with E-state index in [0.717, 1.165) is 25.7 Å². The van der Waals surface area contributed by atoms with E-state index in [9.17, 15) is 4.79 Å². The van der Waals surface area contributed by atoms with Gasteiger partial charge in [0.1, 0.15) is 5.78 Å². The lowest BCUT2D eigenvalue weighted by Crippen LogP contribution is -2.43. The topological polar surface area (TPSA) is 17.1 Å². The number of aryl methyl sites for hydroxylation is 1. The van der Waals surface area contributed by atoms with E-state index in [1.165, 1.54) is 38.6 Å². The summed E-state index contributed by atoms with van der Waals surface area (Å²) in [5, 5.41) is 2.58. The quantitative estimate of drug-likeness (QED) is 0.492. The Bertz CT molecular complexity index is 1120. The molecule has 27 heavy (non-hydrogen) atoms. The molecule has 1 spiro atoms. The first-order valence-corrected chi connectivity index (χ1v) is 10.1. The predicted molar refractivity (Wildman–Crippen MR) is 110 cm³/mol. The molecule has 3 aromatic rings. The van der Waals surface area contributed by atoms with Crippen LogP contribution in [0, 0.1) is 5.92 Å². The molecule has 1 fully saturated rings. The number of hydrogen-bond donors (Lipinski definition) is 0. The van der Waals surface area contributed by atoms with Gasteiger partial charge >= 0.3 is 0 Å². The van der Waals surface area contributed by atoms with Gasteiger partial charge in [0.25, 0.3) is 0 Å². The van der Waals surface area contributed by atoms with Crippen LogP contribution in [0.3, 0.4) is 0 Å². The van der Waals surface area contributed by atoms with Crippen LogP contribution in [-0.4, -0.2) is 5.78 Å². The maximum absolute atomic E-state index is 13.2. The van der Waals surface area contributed by atoms with E-state index in [2.05, 4.69) is 66.7 Å². The SMILES string of the molecule is O=C1CCc2cc3c(-c4ccccc4)cccc3cc2C12CC1=CCC2C1.